The third-order valence-corrected chi connectivity index (χ3v) is 7.40. The molecule has 3 amide bonds. The number of aromatic nitrogens is 3. The van der Waals surface area contributed by atoms with E-state index in [1.54, 1.807) is 63.7 Å². The average molecular weight is 580 g/mol. The summed E-state index contributed by atoms with van der Waals surface area (Å²) in [5.74, 6) is 0.108. The molecule has 1 aliphatic heterocycles. The van der Waals surface area contributed by atoms with Crippen molar-refractivity contribution in [3.05, 3.63) is 54.5 Å². The van der Waals surface area contributed by atoms with Gasteiger partial charge in [-0.3, -0.25) is 9.79 Å². The summed E-state index contributed by atoms with van der Waals surface area (Å²) < 4.78 is 38.7. The maximum absolute atomic E-state index is 12.7. The van der Waals surface area contributed by atoms with Crippen LogP contribution in [-0.2, 0) is 4.79 Å². The largest absolute Gasteiger partial charge is 0.405 e. The molecule has 0 unspecified atom stereocenters. The monoisotopic (exact) mass is 579 g/mol. The molecule has 3 aromatic rings. The molecule has 0 atom stereocenters. The molecule has 2 fully saturated rings. The molecule has 1 saturated heterocycles. The number of likely N-dealkylation sites (tertiary alicyclic amines) is 1. The minimum Gasteiger partial charge on any atom is -0.404 e. The number of nitrogens with two attached hydrogens (primary N) is 1. The Morgan fingerprint density at radius 1 is 1.24 bits per heavy atom. The zero-order valence-electron chi connectivity index (χ0n) is 22.6. The van der Waals surface area contributed by atoms with E-state index in [9.17, 15) is 28.0 Å². The lowest BCUT2D eigenvalue weighted by Crippen LogP contribution is -2.63. The third-order valence-electron chi connectivity index (χ3n) is 7.40. The number of nitriles is 1. The quantitative estimate of drug-likeness (QED) is 0.346. The molecular weight excluding hydrogens is 551 g/mol. The highest BCUT2D eigenvalue weighted by Crippen LogP contribution is 2.48. The number of imidazole rings is 1. The molecule has 0 bridgehead atoms. The predicted octanol–water partition coefficient (Wildman–Crippen LogP) is 3.75. The molecule has 2 aromatic heterocycles. The Hall–Kier alpha value is -4.93. The molecule has 218 valence electrons. The van der Waals surface area contributed by atoms with Crippen LogP contribution in [0.4, 0.5) is 23.7 Å². The standard InChI is InChI=1S/C28H28F3N9O2/c1-26(5-6-26)24(41)39-16-27(17-39,7-8-32)36-12-20(11-33)19-10-23-34-14-22(40(23)37-13-19)18-3-2-4-21(9-18)38-25(42)35-15-28(29,30)31/h2-4,9-14H,5-7,15-17,33H2,1H3,(H2,35,38,42). The van der Waals surface area contributed by atoms with E-state index in [1.165, 1.54) is 6.20 Å². The van der Waals surface area contributed by atoms with E-state index in [2.05, 4.69) is 26.5 Å². The highest BCUT2D eigenvalue weighted by Gasteiger charge is 2.53. The highest BCUT2D eigenvalue weighted by molar-refractivity contribution is 6.10. The van der Waals surface area contributed by atoms with Crippen molar-refractivity contribution < 1.29 is 22.8 Å². The number of alkyl halides is 3. The first-order valence-electron chi connectivity index (χ1n) is 13.1. The van der Waals surface area contributed by atoms with E-state index >= 15 is 0 Å². The van der Waals surface area contributed by atoms with Crippen molar-refractivity contribution in [3.63, 3.8) is 0 Å². The normalized spacial score (nSPS) is 17.5. The third kappa shape index (κ3) is 6.04. The number of fused-ring (bicyclic) bond motifs is 1. The Morgan fingerprint density at radius 3 is 2.67 bits per heavy atom. The summed E-state index contributed by atoms with van der Waals surface area (Å²) in [6.07, 6.45) is 3.55. The average Bonchev–Trinajstić information content (AvgIpc) is 3.54. The number of carbonyl (C=O) groups is 2. The van der Waals surface area contributed by atoms with Gasteiger partial charge in [0.1, 0.15) is 12.1 Å². The number of urea groups is 1. The molecule has 4 N–H and O–H groups in total. The van der Waals surface area contributed by atoms with E-state index in [0.717, 1.165) is 12.8 Å². The SMILES string of the molecule is CC1(C(=O)N2CC(CC#N)(N=CC(=CN)c3cnn4c(-c5cccc(NC(=O)NCC(F)(F)F)c5)cnc4c3)C2)CC1. The fourth-order valence-electron chi connectivity index (χ4n) is 4.74. The van der Waals surface area contributed by atoms with E-state index in [1.807, 2.05) is 6.92 Å². The second-order valence-electron chi connectivity index (χ2n) is 10.8. The molecular formula is C28H28F3N9O2. The predicted molar refractivity (Wildman–Crippen MR) is 149 cm³/mol. The van der Waals surface area contributed by atoms with Crippen molar-refractivity contribution in [2.75, 3.05) is 25.0 Å². The van der Waals surface area contributed by atoms with Crippen LogP contribution in [0.15, 0.2) is 53.9 Å². The fraction of sp³-hybridized carbons (Fsp3) is 0.357. The van der Waals surface area contributed by atoms with Gasteiger partial charge in [-0.25, -0.2) is 14.3 Å². The van der Waals surface area contributed by atoms with E-state index < -0.39 is 24.3 Å². The molecule has 0 radical (unpaired) electrons. The molecule has 11 nitrogen and oxygen atoms in total. The molecule has 5 rings (SSSR count). The van der Waals surface area contributed by atoms with Gasteiger partial charge in [-0.15, -0.1) is 0 Å². The Labute approximate surface area is 238 Å². The molecule has 3 heterocycles. The van der Waals surface area contributed by atoms with E-state index in [4.69, 9.17) is 5.73 Å². The second-order valence-corrected chi connectivity index (χ2v) is 10.8. The number of nitrogens with zero attached hydrogens (tertiary/aromatic N) is 6. The summed E-state index contributed by atoms with van der Waals surface area (Å²) in [6, 6.07) is 9.49. The first-order valence-corrected chi connectivity index (χ1v) is 13.1. The van der Waals surface area contributed by atoms with Gasteiger partial charge in [0.2, 0.25) is 5.91 Å². The molecule has 2 aliphatic rings. The molecule has 1 aromatic carbocycles. The van der Waals surface area contributed by atoms with Gasteiger partial charge in [-0.2, -0.15) is 23.5 Å². The van der Waals surface area contributed by atoms with Crippen LogP contribution in [0.2, 0.25) is 0 Å². The topological polar surface area (TPSA) is 154 Å². The second kappa shape index (κ2) is 10.8. The first-order chi connectivity index (χ1) is 19.9. The summed E-state index contributed by atoms with van der Waals surface area (Å²) in [4.78, 5) is 35.4. The van der Waals surface area contributed by atoms with Gasteiger partial charge in [-0.05, 0) is 31.0 Å². The lowest BCUT2D eigenvalue weighted by atomic mass is 9.86. The number of anilines is 1. The number of halogens is 3. The van der Waals surface area contributed by atoms with Gasteiger partial charge in [0, 0.05) is 53.3 Å². The lowest BCUT2D eigenvalue weighted by molar-refractivity contribution is -0.143. The number of aliphatic imine (C=N–C) groups is 1. The number of allylic oxidation sites excluding steroid dienone is 1. The van der Waals surface area contributed by atoms with Crippen LogP contribution in [0.5, 0.6) is 0 Å². The van der Waals surface area contributed by atoms with Gasteiger partial charge in [-0.1, -0.05) is 19.1 Å². The van der Waals surface area contributed by atoms with Crippen LogP contribution in [0.1, 0.15) is 31.7 Å². The number of carbonyl (C=O) groups excluding carboxylic acids is 2. The number of rotatable bonds is 8. The van der Waals surface area contributed by atoms with Gasteiger partial charge < -0.3 is 21.3 Å². The number of hydrogen-bond donors (Lipinski definition) is 3. The molecule has 1 saturated carbocycles. The van der Waals surface area contributed by atoms with Gasteiger partial charge in [0.05, 0.1) is 30.6 Å². The van der Waals surface area contributed by atoms with Crippen LogP contribution < -0.4 is 16.4 Å². The maximum atomic E-state index is 12.7. The highest BCUT2D eigenvalue weighted by atomic mass is 19.4. The van der Waals surface area contributed by atoms with Crippen LogP contribution >= 0.6 is 0 Å². The Morgan fingerprint density at radius 2 is 2.00 bits per heavy atom. The smallest absolute Gasteiger partial charge is 0.404 e. The number of nitrogens with one attached hydrogen (secondary N) is 2. The van der Waals surface area contributed by atoms with Crippen molar-refractivity contribution in [2.24, 2.45) is 16.1 Å². The molecule has 0 spiro atoms. The summed E-state index contributed by atoms with van der Waals surface area (Å²) in [5, 5.41) is 18.0. The van der Waals surface area contributed by atoms with Crippen LogP contribution in [0.3, 0.4) is 0 Å². The number of benzene rings is 1. The molecule has 42 heavy (non-hydrogen) atoms. The van der Waals surface area contributed by atoms with Crippen molar-refractivity contribution in [2.45, 2.75) is 37.9 Å². The fourth-order valence-corrected chi connectivity index (χ4v) is 4.74. The van der Waals surface area contributed by atoms with Crippen LogP contribution in [0.25, 0.3) is 22.5 Å². The summed E-state index contributed by atoms with van der Waals surface area (Å²) in [6.45, 7) is 1.26. The Balaban J connectivity index is 1.30. The van der Waals surface area contributed by atoms with Crippen molar-refractivity contribution in [3.8, 4) is 17.3 Å². The minimum absolute atomic E-state index is 0.108. The van der Waals surface area contributed by atoms with Crippen molar-refractivity contribution in [1.82, 2.24) is 24.8 Å². The minimum atomic E-state index is -4.52. The lowest BCUT2D eigenvalue weighted by Gasteiger charge is -2.47. The number of amides is 3. The summed E-state index contributed by atoms with van der Waals surface area (Å²) >= 11 is 0. The first kappa shape index (κ1) is 28.6. The van der Waals surface area contributed by atoms with Gasteiger partial charge in [0.15, 0.2) is 5.65 Å². The van der Waals surface area contributed by atoms with E-state index in [0.29, 0.717) is 41.1 Å². The maximum Gasteiger partial charge on any atom is 0.405 e. The van der Waals surface area contributed by atoms with E-state index in [-0.39, 0.29) is 23.4 Å². The zero-order chi connectivity index (χ0) is 30.1. The van der Waals surface area contributed by atoms with Gasteiger partial charge >= 0.3 is 12.2 Å². The Bertz CT molecular complexity index is 1630. The van der Waals surface area contributed by atoms with Gasteiger partial charge in [0.25, 0.3) is 0 Å². The molecule has 14 heteroatoms. The Kier molecular flexibility index (Phi) is 7.36. The van der Waals surface area contributed by atoms with Crippen LogP contribution in [-0.4, -0.2) is 69.0 Å². The molecule has 1 aliphatic carbocycles. The summed E-state index contributed by atoms with van der Waals surface area (Å²) in [5.41, 5.74) is 8.11. The summed E-state index contributed by atoms with van der Waals surface area (Å²) in [7, 11) is 0. The van der Waals surface area contributed by atoms with Crippen LogP contribution in [0, 0.1) is 16.7 Å². The van der Waals surface area contributed by atoms with Crippen molar-refractivity contribution in [1.29, 1.82) is 5.26 Å². The van der Waals surface area contributed by atoms with Crippen molar-refractivity contribution >= 4 is 35.1 Å². The number of hydrogen-bond acceptors (Lipinski definition) is 7. The zero-order valence-corrected chi connectivity index (χ0v) is 22.6.